The largest absolute Gasteiger partial charge is 0.345 e. The third kappa shape index (κ3) is 5.32. The summed E-state index contributed by atoms with van der Waals surface area (Å²) in [6, 6.07) is 22.3. The lowest BCUT2D eigenvalue weighted by atomic mass is 10.1. The molecule has 0 radical (unpaired) electrons. The average Bonchev–Trinajstić information content (AvgIpc) is 2.84. The molecule has 1 saturated heterocycles. The summed E-state index contributed by atoms with van der Waals surface area (Å²) < 4.78 is 0. The van der Waals surface area contributed by atoms with Crippen molar-refractivity contribution in [2.45, 2.75) is 32.7 Å². The molecule has 0 bridgehead atoms. The van der Waals surface area contributed by atoms with Crippen LogP contribution in [0, 0.1) is 6.92 Å². The van der Waals surface area contributed by atoms with E-state index in [1.54, 1.807) is 0 Å². The molecule has 0 atom stereocenters. The monoisotopic (exact) mass is 443 g/mol. The lowest BCUT2D eigenvalue weighted by Crippen LogP contribution is -2.39. The summed E-state index contributed by atoms with van der Waals surface area (Å²) in [6.07, 6.45) is 2.53. The molecular weight excluding hydrogens is 414 g/mol. The van der Waals surface area contributed by atoms with E-state index in [0.29, 0.717) is 24.3 Å². The minimum Gasteiger partial charge on any atom is -0.326 e. The van der Waals surface area contributed by atoms with Crippen molar-refractivity contribution in [1.29, 1.82) is 0 Å². The zero-order valence-corrected chi connectivity index (χ0v) is 18.8. The Bertz CT molecular complexity index is 1130. The molecule has 3 aromatic rings. The van der Waals surface area contributed by atoms with E-state index >= 15 is 0 Å². The van der Waals surface area contributed by atoms with Crippen molar-refractivity contribution in [2.75, 3.05) is 27.2 Å². The van der Waals surface area contributed by atoms with E-state index in [-0.39, 0.29) is 11.9 Å². The zero-order valence-electron chi connectivity index (χ0n) is 18.8. The van der Waals surface area contributed by atoms with E-state index in [4.69, 9.17) is 5.73 Å². The van der Waals surface area contributed by atoms with Crippen LogP contribution in [0.15, 0.2) is 72.8 Å². The number of nitrogens with two attached hydrogens (primary N) is 1. The van der Waals surface area contributed by atoms with Gasteiger partial charge in [-0.2, -0.15) is 0 Å². The number of benzene rings is 3. The normalized spacial score (nSPS) is 13.5. The highest BCUT2D eigenvalue weighted by Crippen LogP contribution is 2.27. The van der Waals surface area contributed by atoms with Gasteiger partial charge in [0.2, 0.25) is 5.91 Å². The van der Waals surface area contributed by atoms with Crippen molar-refractivity contribution in [1.82, 2.24) is 0 Å². The minimum atomic E-state index is -0.333. The molecule has 7 nitrogen and oxygen atoms in total. The van der Waals surface area contributed by atoms with E-state index in [1.807, 2.05) is 84.6 Å². The average molecular weight is 444 g/mol. The Morgan fingerprint density at radius 1 is 1.00 bits per heavy atom. The number of nitrogens with one attached hydrogen (secondary N) is 2. The fraction of sp³-hybridized carbons (Fsp3) is 0.231. The highest BCUT2D eigenvalue weighted by molar-refractivity contribution is 6.03. The lowest BCUT2D eigenvalue weighted by molar-refractivity contribution is -0.119. The SMILES string of the molecule is Cc1cc(NC(=O)N(Nc2cccc(CN)c2)c2ccccc2)ccc1N1CCCCC1=O. The van der Waals surface area contributed by atoms with Crippen LogP contribution in [0.4, 0.5) is 27.5 Å². The quantitative estimate of drug-likeness (QED) is 0.466. The molecule has 4 rings (SSSR count). The molecular formula is C26H29N5O2. The summed E-state index contributed by atoms with van der Waals surface area (Å²) in [5, 5.41) is 4.43. The number of piperidine rings is 1. The molecule has 1 fully saturated rings. The van der Waals surface area contributed by atoms with Crippen LogP contribution in [-0.4, -0.2) is 18.5 Å². The highest BCUT2D eigenvalue weighted by Gasteiger charge is 2.22. The molecule has 3 aromatic carbocycles. The third-order valence-corrected chi connectivity index (χ3v) is 5.68. The van der Waals surface area contributed by atoms with Crippen molar-refractivity contribution in [2.24, 2.45) is 5.73 Å². The van der Waals surface area contributed by atoms with Crippen molar-refractivity contribution >= 4 is 34.7 Å². The molecule has 170 valence electrons. The molecule has 1 aliphatic heterocycles. The Hall–Kier alpha value is -3.84. The van der Waals surface area contributed by atoms with Gasteiger partial charge in [0.15, 0.2) is 0 Å². The predicted octanol–water partition coefficient (Wildman–Crippen LogP) is 5.04. The molecule has 0 saturated carbocycles. The van der Waals surface area contributed by atoms with Gasteiger partial charge < -0.3 is 16.0 Å². The second-order valence-electron chi connectivity index (χ2n) is 8.12. The molecule has 1 aliphatic rings. The van der Waals surface area contributed by atoms with Gasteiger partial charge in [0.05, 0.1) is 11.4 Å². The number of urea groups is 1. The minimum absolute atomic E-state index is 0.153. The van der Waals surface area contributed by atoms with Crippen LogP contribution in [0.1, 0.15) is 30.4 Å². The van der Waals surface area contributed by atoms with E-state index in [2.05, 4.69) is 10.7 Å². The molecule has 4 N–H and O–H groups in total. The van der Waals surface area contributed by atoms with Crippen molar-refractivity contribution in [3.63, 3.8) is 0 Å². The van der Waals surface area contributed by atoms with Gasteiger partial charge in [0, 0.05) is 30.9 Å². The van der Waals surface area contributed by atoms with Crippen LogP contribution in [0.2, 0.25) is 0 Å². The molecule has 0 aromatic heterocycles. The second-order valence-corrected chi connectivity index (χ2v) is 8.12. The van der Waals surface area contributed by atoms with Gasteiger partial charge in [0.25, 0.3) is 0 Å². The van der Waals surface area contributed by atoms with Gasteiger partial charge in [-0.05, 0) is 73.4 Å². The van der Waals surface area contributed by atoms with Gasteiger partial charge in [-0.15, -0.1) is 0 Å². The number of hydrogen-bond acceptors (Lipinski definition) is 4. The van der Waals surface area contributed by atoms with Crippen LogP contribution >= 0.6 is 0 Å². The molecule has 7 heteroatoms. The fourth-order valence-electron chi connectivity index (χ4n) is 3.98. The first kappa shape index (κ1) is 22.4. The number of anilines is 4. The van der Waals surface area contributed by atoms with Gasteiger partial charge in [-0.25, -0.2) is 9.80 Å². The molecule has 33 heavy (non-hydrogen) atoms. The first-order chi connectivity index (χ1) is 16.0. The van der Waals surface area contributed by atoms with Crippen molar-refractivity contribution in [3.8, 4) is 0 Å². The number of hydrogen-bond donors (Lipinski definition) is 3. The first-order valence-electron chi connectivity index (χ1n) is 11.2. The third-order valence-electron chi connectivity index (χ3n) is 5.68. The number of carbonyl (C=O) groups excluding carboxylic acids is 2. The number of hydrazine groups is 1. The van der Waals surface area contributed by atoms with E-state index in [1.165, 1.54) is 5.01 Å². The number of rotatable bonds is 6. The molecule has 0 spiro atoms. The van der Waals surface area contributed by atoms with Crippen molar-refractivity contribution in [3.05, 3.63) is 83.9 Å². The highest BCUT2D eigenvalue weighted by atomic mass is 16.2. The predicted molar refractivity (Wildman–Crippen MR) is 133 cm³/mol. The molecule has 0 unspecified atom stereocenters. The summed E-state index contributed by atoms with van der Waals surface area (Å²) in [7, 11) is 0. The molecule has 1 heterocycles. The number of amides is 3. The topological polar surface area (TPSA) is 90.7 Å². The smallest absolute Gasteiger partial charge is 0.326 e. The van der Waals surface area contributed by atoms with Crippen LogP contribution < -0.4 is 26.4 Å². The van der Waals surface area contributed by atoms with Gasteiger partial charge in [-0.3, -0.25) is 10.2 Å². The van der Waals surface area contributed by atoms with Crippen LogP contribution in [0.5, 0.6) is 0 Å². The van der Waals surface area contributed by atoms with Gasteiger partial charge in [-0.1, -0.05) is 30.3 Å². The second kappa shape index (κ2) is 10.2. The van der Waals surface area contributed by atoms with E-state index in [0.717, 1.165) is 41.9 Å². The number of aryl methyl sites for hydroxylation is 1. The Balaban J connectivity index is 1.55. The van der Waals surface area contributed by atoms with Crippen LogP contribution in [0.25, 0.3) is 0 Å². The maximum absolute atomic E-state index is 13.3. The van der Waals surface area contributed by atoms with Crippen LogP contribution in [-0.2, 0) is 11.3 Å². The Labute approximate surface area is 194 Å². The van der Waals surface area contributed by atoms with Gasteiger partial charge >= 0.3 is 6.03 Å². The summed E-state index contributed by atoms with van der Waals surface area (Å²) in [4.78, 5) is 27.4. The van der Waals surface area contributed by atoms with E-state index in [9.17, 15) is 9.59 Å². The Morgan fingerprint density at radius 3 is 2.55 bits per heavy atom. The van der Waals surface area contributed by atoms with Crippen molar-refractivity contribution < 1.29 is 9.59 Å². The summed E-state index contributed by atoms with van der Waals surface area (Å²) in [5.41, 5.74) is 13.9. The zero-order chi connectivity index (χ0) is 23.2. The molecule has 0 aliphatic carbocycles. The number of carbonyl (C=O) groups is 2. The maximum Gasteiger partial charge on any atom is 0.345 e. The maximum atomic E-state index is 13.3. The number of para-hydroxylation sites is 1. The number of nitrogens with zero attached hydrogens (tertiary/aromatic N) is 2. The lowest BCUT2D eigenvalue weighted by Gasteiger charge is -2.29. The summed E-state index contributed by atoms with van der Waals surface area (Å²) in [5.74, 6) is 0.153. The van der Waals surface area contributed by atoms with Gasteiger partial charge in [0.1, 0.15) is 0 Å². The Kier molecular flexibility index (Phi) is 6.90. The van der Waals surface area contributed by atoms with Crippen LogP contribution in [0.3, 0.4) is 0 Å². The Morgan fingerprint density at radius 2 is 1.82 bits per heavy atom. The summed E-state index contributed by atoms with van der Waals surface area (Å²) >= 11 is 0. The standard InChI is InChI=1S/C26H29N5O2/c1-19-16-21(13-14-24(19)30-15-6-5-12-25(30)32)28-26(33)31(23-10-3-2-4-11-23)29-22-9-7-8-20(17-22)18-27/h2-4,7-11,13-14,16-17,29H,5-6,12,15,18,27H2,1H3,(H,28,33). The van der Waals surface area contributed by atoms with E-state index < -0.39 is 0 Å². The first-order valence-corrected chi connectivity index (χ1v) is 11.2. The molecule has 3 amide bonds. The summed E-state index contributed by atoms with van der Waals surface area (Å²) in [6.45, 7) is 3.11. The fourth-order valence-corrected chi connectivity index (χ4v) is 3.98.